The van der Waals surface area contributed by atoms with Crippen LogP contribution in [0.25, 0.3) is 11.0 Å². The van der Waals surface area contributed by atoms with Gasteiger partial charge in [0.05, 0.1) is 17.4 Å². The van der Waals surface area contributed by atoms with E-state index in [0.29, 0.717) is 29.0 Å². The van der Waals surface area contributed by atoms with Crippen molar-refractivity contribution in [1.29, 1.82) is 0 Å². The highest BCUT2D eigenvalue weighted by atomic mass is 16.1. The number of likely N-dealkylation sites (N-methyl/N-ethyl adjacent to an activating group) is 1. The number of carbonyl (C=O) groups excluding carboxylic acids is 1. The van der Waals surface area contributed by atoms with Crippen molar-refractivity contribution in [3.05, 3.63) is 46.0 Å². The summed E-state index contributed by atoms with van der Waals surface area (Å²) >= 11 is 0. The zero-order chi connectivity index (χ0) is 29.6. The normalized spacial score (nSPS) is 22.1. The number of piperidine rings is 1. The van der Waals surface area contributed by atoms with Crippen LogP contribution in [-0.2, 0) is 0 Å². The molecule has 5 heterocycles. The first-order valence-corrected chi connectivity index (χ1v) is 15.5. The maximum Gasteiger partial charge on any atom is 0.263 e. The van der Waals surface area contributed by atoms with Gasteiger partial charge in [-0.15, -0.1) is 0 Å². The molecule has 1 aliphatic carbocycles. The molecule has 10 nitrogen and oxygen atoms in total. The third kappa shape index (κ3) is 5.30. The van der Waals surface area contributed by atoms with Crippen LogP contribution in [-0.4, -0.2) is 86.5 Å². The van der Waals surface area contributed by atoms with Crippen molar-refractivity contribution >= 4 is 34.3 Å². The summed E-state index contributed by atoms with van der Waals surface area (Å²) in [5, 5.41) is 3.98. The highest BCUT2D eigenvalue weighted by molar-refractivity contribution is 5.99. The van der Waals surface area contributed by atoms with Crippen LogP contribution < -0.4 is 15.8 Å². The highest BCUT2D eigenvalue weighted by Gasteiger charge is 2.38. The lowest BCUT2D eigenvalue weighted by atomic mass is 9.86. The number of ketones is 1. The van der Waals surface area contributed by atoms with Gasteiger partial charge in [-0.25, -0.2) is 9.97 Å². The van der Waals surface area contributed by atoms with Crippen LogP contribution in [0, 0.1) is 6.92 Å². The molecule has 3 aromatic rings. The van der Waals surface area contributed by atoms with Crippen molar-refractivity contribution in [3.63, 3.8) is 0 Å². The Hall–Kier alpha value is -3.37. The van der Waals surface area contributed by atoms with Crippen molar-refractivity contribution < 1.29 is 4.79 Å². The van der Waals surface area contributed by atoms with E-state index in [0.717, 1.165) is 82.3 Å². The standard InChI is InChI=1S/C32H44N8O2/c1-21-20-39(17-16-37(21)5)32(4)12-14-38(15-13-32)25-10-11-27(33-18-25)35-31-34-19-26-22(2)28(23(3)41)30(42)40(29(26)36-31)24-8-6-7-9-24/h10-11,18-19,21,24H,6-9,12-17,20H2,1-5H3,(H,33,34,35,36)/t21-/m0/s1. The number of nitrogens with one attached hydrogen (secondary N) is 1. The number of hydrogen-bond donors (Lipinski definition) is 1. The fourth-order valence-electron chi connectivity index (χ4n) is 7.17. The Balaban J connectivity index is 1.18. The van der Waals surface area contributed by atoms with Crippen LogP contribution in [0.1, 0.15) is 81.3 Å². The van der Waals surface area contributed by atoms with Gasteiger partial charge in [-0.3, -0.25) is 19.1 Å². The molecular weight excluding hydrogens is 528 g/mol. The predicted octanol–water partition coefficient (Wildman–Crippen LogP) is 4.55. The zero-order valence-electron chi connectivity index (χ0n) is 25.7. The minimum atomic E-state index is -0.244. The zero-order valence-corrected chi connectivity index (χ0v) is 25.7. The van der Waals surface area contributed by atoms with E-state index in [4.69, 9.17) is 4.98 Å². The quantitative estimate of drug-likeness (QED) is 0.427. The van der Waals surface area contributed by atoms with E-state index in [1.54, 1.807) is 10.8 Å². The van der Waals surface area contributed by atoms with Crippen LogP contribution in [0.2, 0.25) is 0 Å². The van der Waals surface area contributed by atoms with Gasteiger partial charge >= 0.3 is 0 Å². The molecule has 42 heavy (non-hydrogen) atoms. The molecule has 6 rings (SSSR count). The highest BCUT2D eigenvalue weighted by Crippen LogP contribution is 2.34. The molecule has 224 valence electrons. The van der Waals surface area contributed by atoms with Crippen LogP contribution in [0.15, 0.2) is 29.3 Å². The van der Waals surface area contributed by atoms with Gasteiger partial charge < -0.3 is 15.1 Å². The summed E-state index contributed by atoms with van der Waals surface area (Å²) in [4.78, 5) is 47.5. The van der Waals surface area contributed by atoms with Gasteiger partial charge in [0.25, 0.3) is 5.56 Å². The van der Waals surface area contributed by atoms with Crippen molar-refractivity contribution in [1.82, 2.24) is 29.3 Å². The van der Waals surface area contributed by atoms with Gasteiger partial charge in [0.2, 0.25) is 5.95 Å². The summed E-state index contributed by atoms with van der Waals surface area (Å²) in [6, 6.07) is 4.72. The lowest BCUT2D eigenvalue weighted by Crippen LogP contribution is -2.61. The topological polar surface area (TPSA) is 99.5 Å². The van der Waals surface area contributed by atoms with E-state index < -0.39 is 0 Å². The van der Waals surface area contributed by atoms with Gasteiger partial charge in [0, 0.05) is 61.9 Å². The number of carbonyl (C=O) groups is 1. The van der Waals surface area contributed by atoms with Crippen LogP contribution in [0.4, 0.5) is 17.5 Å². The first-order chi connectivity index (χ1) is 20.1. The average molecular weight is 573 g/mol. The van der Waals surface area contributed by atoms with Gasteiger partial charge in [-0.2, -0.15) is 4.98 Å². The molecule has 0 spiro atoms. The molecule has 3 aromatic heterocycles. The number of aryl methyl sites for hydroxylation is 1. The predicted molar refractivity (Wildman–Crippen MR) is 167 cm³/mol. The Bertz CT molecular complexity index is 1520. The number of rotatable bonds is 6. The summed E-state index contributed by atoms with van der Waals surface area (Å²) in [7, 11) is 2.23. The van der Waals surface area contributed by atoms with Crippen molar-refractivity contribution in [2.75, 3.05) is 50.0 Å². The first kappa shape index (κ1) is 28.7. The van der Waals surface area contributed by atoms with Crippen molar-refractivity contribution in [2.24, 2.45) is 0 Å². The second-order valence-electron chi connectivity index (χ2n) is 12.9. The minimum absolute atomic E-state index is 0.0462. The Labute approximate surface area is 248 Å². The summed E-state index contributed by atoms with van der Waals surface area (Å²) < 4.78 is 1.74. The molecular formula is C32H44N8O2. The molecule has 3 aliphatic rings. The molecule has 2 aliphatic heterocycles. The van der Waals surface area contributed by atoms with Crippen LogP contribution in [0.3, 0.4) is 0 Å². The molecule has 1 saturated carbocycles. The van der Waals surface area contributed by atoms with Gasteiger partial charge in [-0.05, 0) is 78.1 Å². The van der Waals surface area contributed by atoms with E-state index in [9.17, 15) is 9.59 Å². The Morgan fingerprint density at radius 3 is 2.43 bits per heavy atom. The minimum Gasteiger partial charge on any atom is -0.370 e. The monoisotopic (exact) mass is 572 g/mol. The number of hydrogen-bond acceptors (Lipinski definition) is 9. The van der Waals surface area contributed by atoms with Crippen molar-refractivity contribution in [3.8, 4) is 0 Å². The number of fused-ring (bicyclic) bond motifs is 1. The van der Waals surface area contributed by atoms with Crippen LogP contribution >= 0.6 is 0 Å². The van der Waals surface area contributed by atoms with E-state index in [1.807, 2.05) is 19.2 Å². The summed E-state index contributed by atoms with van der Waals surface area (Å²) in [5.74, 6) is 0.821. The summed E-state index contributed by atoms with van der Waals surface area (Å²) in [6.45, 7) is 13.5. The lowest BCUT2D eigenvalue weighted by molar-refractivity contribution is 0.0103. The molecule has 3 fully saturated rings. The molecule has 0 aromatic carbocycles. The van der Waals surface area contributed by atoms with E-state index in [1.165, 1.54) is 6.92 Å². The Morgan fingerprint density at radius 1 is 1.05 bits per heavy atom. The fourth-order valence-corrected chi connectivity index (χ4v) is 7.17. The Kier molecular flexibility index (Phi) is 7.78. The van der Waals surface area contributed by atoms with Gasteiger partial charge in [-0.1, -0.05) is 12.8 Å². The third-order valence-corrected chi connectivity index (χ3v) is 10.2. The number of aromatic nitrogens is 4. The first-order valence-electron chi connectivity index (χ1n) is 15.5. The molecule has 1 N–H and O–H groups in total. The second-order valence-corrected chi connectivity index (χ2v) is 12.9. The van der Waals surface area contributed by atoms with Gasteiger partial charge in [0.15, 0.2) is 5.78 Å². The van der Waals surface area contributed by atoms with Gasteiger partial charge in [0.1, 0.15) is 11.5 Å². The smallest absolute Gasteiger partial charge is 0.263 e. The number of anilines is 3. The SMILES string of the molecule is CC(=O)c1c(C)c2cnc(Nc3ccc(N4CCC(C)(N5CCN(C)[C@@H](C)C5)CC4)cn3)nc2n(C2CCCC2)c1=O. The summed E-state index contributed by atoms with van der Waals surface area (Å²) in [5.41, 5.74) is 2.59. The molecule has 0 bridgehead atoms. The number of pyridine rings is 2. The molecule has 0 radical (unpaired) electrons. The van der Waals surface area contributed by atoms with E-state index >= 15 is 0 Å². The van der Waals surface area contributed by atoms with Crippen LogP contribution in [0.5, 0.6) is 0 Å². The van der Waals surface area contributed by atoms with Crippen molar-refractivity contribution in [2.45, 2.75) is 83.8 Å². The molecule has 1 atom stereocenters. The second kappa shape index (κ2) is 11.4. The average Bonchev–Trinajstić information content (AvgIpc) is 3.50. The number of piperazine rings is 1. The fraction of sp³-hybridized carbons (Fsp3) is 0.594. The molecule has 2 saturated heterocycles. The number of Topliss-reactive ketones (excluding diaryl/α,β-unsaturated/α-hetero) is 1. The largest absolute Gasteiger partial charge is 0.370 e. The summed E-state index contributed by atoms with van der Waals surface area (Å²) in [6.07, 6.45) is 9.88. The number of nitrogens with zero attached hydrogens (tertiary/aromatic N) is 7. The molecule has 0 amide bonds. The van der Waals surface area contributed by atoms with E-state index in [-0.39, 0.29) is 28.5 Å². The molecule has 10 heteroatoms. The maximum atomic E-state index is 13.5. The Morgan fingerprint density at radius 2 is 1.79 bits per heavy atom. The lowest BCUT2D eigenvalue weighted by Gasteiger charge is -2.51. The maximum absolute atomic E-state index is 13.5. The van der Waals surface area contributed by atoms with E-state index in [2.05, 4.69) is 56.9 Å². The molecule has 0 unspecified atom stereocenters. The third-order valence-electron chi connectivity index (χ3n) is 10.2.